The summed E-state index contributed by atoms with van der Waals surface area (Å²) in [5.41, 5.74) is 15.0. The van der Waals surface area contributed by atoms with Gasteiger partial charge in [0, 0.05) is 22.9 Å². The van der Waals surface area contributed by atoms with Crippen LogP contribution in [0.3, 0.4) is 0 Å². The van der Waals surface area contributed by atoms with Gasteiger partial charge in [0.1, 0.15) is 17.8 Å². The van der Waals surface area contributed by atoms with Crippen LogP contribution in [0.4, 0.5) is 0 Å². The van der Waals surface area contributed by atoms with Gasteiger partial charge in [-0.2, -0.15) is 0 Å². The molecule has 2 aromatic carbocycles. The number of carbonyl (C=O) groups is 1. The highest BCUT2D eigenvalue weighted by Gasteiger charge is 2.07. The number of hydrogen-bond acceptors (Lipinski definition) is 5. The number of aldehydes is 1. The van der Waals surface area contributed by atoms with Gasteiger partial charge in [-0.25, -0.2) is 0 Å². The lowest BCUT2D eigenvalue weighted by atomic mass is 10.0. The molecule has 188 valence electrons. The van der Waals surface area contributed by atoms with Crippen LogP contribution >= 0.6 is 0 Å². The second-order valence-corrected chi connectivity index (χ2v) is 8.80. The second kappa shape index (κ2) is 16.3. The Labute approximate surface area is 210 Å². The number of phenols is 1. The molecule has 0 fully saturated rings. The Bertz CT molecular complexity index is 967. The maximum atomic E-state index is 11.5. The van der Waals surface area contributed by atoms with Gasteiger partial charge in [0.15, 0.2) is 0 Å². The van der Waals surface area contributed by atoms with Gasteiger partial charge in [0.05, 0.1) is 6.61 Å². The molecule has 0 saturated heterocycles. The lowest BCUT2D eigenvalue weighted by Gasteiger charge is -2.11. The molecule has 35 heavy (non-hydrogen) atoms. The number of carbonyl (C=O) groups excluding carboxylic acids is 1. The topological polar surface area (TPSA) is 98.6 Å². The zero-order valence-electron chi connectivity index (χ0n) is 20.7. The number of nitrogens with two attached hydrogens (primary N) is 2. The van der Waals surface area contributed by atoms with Gasteiger partial charge in [0.25, 0.3) is 0 Å². The quantitative estimate of drug-likeness (QED) is 0.107. The lowest BCUT2D eigenvalue weighted by molar-refractivity contribution is -0.103. The highest BCUT2D eigenvalue weighted by Crippen LogP contribution is 2.26. The van der Waals surface area contributed by atoms with Crippen molar-refractivity contribution in [3.05, 3.63) is 84.1 Å². The molecular formula is C30H40N2O3. The molecule has 0 amide bonds. The average Bonchev–Trinajstić information content (AvgIpc) is 2.87. The van der Waals surface area contributed by atoms with E-state index in [1.54, 1.807) is 30.4 Å². The summed E-state index contributed by atoms with van der Waals surface area (Å²) < 4.78 is 5.87. The normalized spacial score (nSPS) is 12.8. The monoisotopic (exact) mass is 476 g/mol. The van der Waals surface area contributed by atoms with Crippen LogP contribution in [0.15, 0.2) is 73.0 Å². The fourth-order valence-electron chi connectivity index (χ4n) is 3.78. The number of phenolic OH excluding ortho intramolecular Hbond substituents is 1. The number of benzene rings is 2. The van der Waals surface area contributed by atoms with Crippen LogP contribution in [-0.2, 0) is 4.79 Å². The molecule has 0 radical (unpaired) electrons. The number of rotatable bonds is 17. The summed E-state index contributed by atoms with van der Waals surface area (Å²) in [4.78, 5) is 11.5. The largest absolute Gasteiger partial charge is 0.507 e. The standard InChI is InChI=1S/C30H40N2O3/c1-2-3-4-5-6-7-8-12-19-35-29-17-18-30(34)25(22-29)20-27(31)15-16-28(32)21-26(23-33)24-13-10-9-11-14-24/h2,9-11,13-14,17-18,20-23,28,34H,1,3-8,12,15-16,19,31-32H2. The van der Waals surface area contributed by atoms with Crippen LogP contribution in [0.5, 0.6) is 11.5 Å². The molecule has 1 atom stereocenters. The third-order valence-electron chi connectivity index (χ3n) is 5.81. The average molecular weight is 477 g/mol. The van der Waals surface area contributed by atoms with Crippen molar-refractivity contribution in [3.63, 3.8) is 0 Å². The molecule has 0 aliphatic carbocycles. The van der Waals surface area contributed by atoms with Crippen molar-refractivity contribution in [2.45, 2.75) is 63.8 Å². The molecule has 2 aromatic rings. The second-order valence-electron chi connectivity index (χ2n) is 8.80. The molecule has 0 spiro atoms. The van der Waals surface area contributed by atoms with E-state index in [0.717, 1.165) is 31.1 Å². The maximum Gasteiger partial charge on any atom is 0.150 e. The first-order valence-corrected chi connectivity index (χ1v) is 12.5. The van der Waals surface area contributed by atoms with E-state index >= 15 is 0 Å². The SMILES string of the molecule is C=CCCCCCCCCOc1ccc(O)c(C=C(N)CCC(N)C=C(C=O)c2ccccc2)c1. The molecule has 0 aromatic heterocycles. The molecule has 0 aliphatic rings. The van der Waals surface area contributed by atoms with Gasteiger partial charge in [-0.1, -0.05) is 68.2 Å². The Hall–Kier alpha value is -3.31. The number of allylic oxidation sites excluding steroid dienone is 3. The van der Waals surface area contributed by atoms with Crippen LogP contribution in [0, 0.1) is 0 Å². The summed E-state index contributed by atoms with van der Waals surface area (Å²) >= 11 is 0. The van der Waals surface area contributed by atoms with Gasteiger partial charge in [-0.15, -0.1) is 6.58 Å². The van der Waals surface area contributed by atoms with E-state index in [1.165, 1.54) is 25.7 Å². The van der Waals surface area contributed by atoms with Crippen LogP contribution in [0.1, 0.15) is 68.9 Å². The Balaban J connectivity index is 1.82. The van der Waals surface area contributed by atoms with Crippen molar-refractivity contribution >= 4 is 17.9 Å². The summed E-state index contributed by atoms with van der Waals surface area (Å²) in [6.07, 6.45) is 15.6. The molecule has 0 aliphatic heterocycles. The third kappa shape index (κ3) is 11.1. The number of ether oxygens (including phenoxy) is 1. The molecule has 5 nitrogen and oxygen atoms in total. The van der Waals surface area contributed by atoms with Gasteiger partial charge in [-0.3, -0.25) is 4.79 Å². The van der Waals surface area contributed by atoms with Gasteiger partial charge in [0.2, 0.25) is 0 Å². The molecule has 0 saturated carbocycles. The Kier molecular flexibility index (Phi) is 13.0. The van der Waals surface area contributed by atoms with E-state index < -0.39 is 0 Å². The van der Waals surface area contributed by atoms with Crippen molar-refractivity contribution in [1.82, 2.24) is 0 Å². The molecule has 0 bridgehead atoms. The van der Waals surface area contributed by atoms with Crippen LogP contribution < -0.4 is 16.2 Å². The van der Waals surface area contributed by atoms with E-state index in [0.29, 0.717) is 42.0 Å². The number of unbranched alkanes of at least 4 members (excludes halogenated alkanes) is 6. The minimum atomic E-state index is -0.312. The molecule has 5 heteroatoms. The van der Waals surface area contributed by atoms with Crippen LogP contribution in [0.25, 0.3) is 11.6 Å². The van der Waals surface area contributed by atoms with Crippen molar-refractivity contribution in [1.29, 1.82) is 0 Å². The highest BCUT2D eigenvalue weighted by atomic mass is 16.5. The van der Waals surface area contributed by atoms with Crippen molar-refractivity contribution in [2.75, 3.05) is 6.61 Å². The number of aromatic hydroxyl groups is 1. The van der Waals surface area contributed by atoms with Gasteiger partial charge < -0.3 is 21.3 Å². The summed E-state index contributed by atoms with van der Waals surface area (Å²) in [6.45, 7) is 4.40. The highest BCUT2D eigenvalue weighted by molar-refractivity contribution is 6.06. The smallest absolute Gasteiger partial charge is 0.150 e. The Morgan fingerprint density at radius 3 is 2.46 bits per heavy atom. The summed E-state index contributed by atoms with van der Waals surface area (Å²) in [7, 11) is 0. The minimum Gasteiger partial charge on any atom is -0.507 e. The predicted molar refractivity (Wildman–Crippen MR) is 146 cm³/mol. The first-order chi connectivity index (χ1) is 17.0. The fraction of sp³-hybridized carbons (Fsp3) is 0.367. The predicted octanol–water partition coefficient (Wildman–Crippen LogP) is 6.38. The first kappa shape index (κ1) is 27.9. The van der Waals surface area contributed by atoms with Crippen molar-refractivity contribution in [3.8, 4) is 11.5 Å². The molecule has 5 N–H and O–H groups in total. The summed E-state index contributed by atoms with van der Waals surface area (Å²) in [5.74, 6) is 0.863. The summed E-state index contributed by atoms with van der Waals surface area (Å²) in [6, 6.07) is 14.3. The van der Waals surface area contributed by atoms with Gasteiger partial charge in [-0.05, 0) is 61.9 Å². The van der Waals surface area contributed by atoms with E-state index in [1.807, 2.05) is 36.4 Å². The van der Waals surface area contributed by atoms with E-state index in [4.69, 9.17) is 16.2 Å². The first-order valence-electron chi connectivity index (χ1n) is 12.5. The van der Waals surface area contributed by atoms with Crippen LogP contribution in [0.2, 0.25) is 0 Å². The lowest BCUT2D eigenvalue weighted by Crippen LogP contribution is -2.18. The summed E-state index contributed by atoms with van der Waals surface area (Å²) in [5, 5.41) is 10.2. The molecule has 2 rings (SSSR count). The molecule has 1 unspecified atom stereocenters. The zero-order valence-corrected chi connectivity index (χ0v) is 20.7. The minimum absolute atomic E-state index is 0.149. The van der Waals surface area contributed by atoms with E-state index in [2.05, 4.69) is 6.58 Å². The van der Waals surface area contributed by atoms with Crippen molar-refractivity contribution in [2.24, 2.45) is 11.5 Å². The Morgan fingerprint density at radius 2 is 1.74 bits per heavy atom. The fourth-order valence-corrected chi connectivity index (χ4v) is 3.78. The van der Waals surface area contributed by atoms with E-state index in [-0.39, 0.29) is 11.8 Å². The Morgan fingerprint density at radius 1 is 1.03 bits per heavy atom. The van der Waals surface area contributed by atoms with Gasteiger partial charge >= 0.3 is 0 Å². The van der Waals surface area contributed by atoms with Crippen LogP contribution in [-0.4, -0.2) is 24.0 Å². The van der Waals surface area contributed by atoms with Crippen molar-refractivity contribution < 1.29 is 14.6 Å². The molecular weight excluding hydrogens is 436 g/mol. The maximum absolute atomic E-state index is 11.5. The zero-order chi connectivity index (χ0) is 25.3. The molecule has 0 heterocycles. The number of hydrogen-bond donors (Lipinski definition) is 3. The van der Waals surface area contributed by atoms with E-state index in [9.17, 15) is 9.90 Å². The third-order valence-corrected chi connectivity index (χ3v) is 5.81.